The molecule has 7 unspecified atom stereocenters. The monoisotopic (exact) mass is 402 g/mol. The highest BCUT2D eigenvalue weighted by atomic mass is 15.4. The van der Waals surface area contributed by atoms with Crippen LogP contribution in [-0.4, -0.2) is 85.1 Å². The van der Waals surface area contributed by atoms with E-state index in [1.54, 1.807) is 0 Å². The van der Waals surface area contributed by atoms with Gasteiger partial charge < -0.3 is 10.2 Å². The van der Waals surface area contributed by atoms with Crippen molar-refractivity contribution in [1.29, 1.82) is 0 Å². The van der Waals surface area contributed by atoms with Crippen molar-refractivity contribution in [3.8, 4) is 0 Å². The first-order valence-electron chi connectivity index (χ1n) is 12.7. The van der Waals surface area contributed by atoms with Crippen molar-refractivity contribution >= 4 is 0 Å². The molecule has 0 aromatic heterocycles. The summed E-state index contributed by atoms with van der Waals surface area (Å²) in [5.74, 6) is 0.824. The molecule has 6 aliphatic rings. The standard InChI is InChI=1S/C23H42N6/c1-28-13-16-10-15(12-24-16)26-22-7-3-5-20(27-22)19-4-2-6-21-23(19)29(14-25-21)18-9-8-17(28)11-18/h15-27H,2-14H2,1H3/t15-,16-,17?,18?,19?,20?,21?,22?,23?/m0/s1. The summed E-state index contributed by atoms with van der Waals surface area (Å²) in [6.07, 6.45) is 14.2. The first-order valence-corrected chi connectivity index (χ1v) is 12.7. The van der Waals surface area contributed by atoms with Crippen molar-refractivity contribution in [2.24, 2.45) is 5.92 Å². The first-order chi connectivity index (χ1) is 14.2. The maximum atomic E-state index is 4.12. The van der Waals surface area contributed by atoms with Gasteiger partial charge in [-0.05, 0) is 70.8 Å². The minimum Gasteiger partial charge on any atom is -0.311 e. The highest BCUT2D eigenvalue weighted by Crippen LogP contribution is 2.40. The molecule has 0 spiro atoms. The molecule has 29 heavy (non-hydrogen) atoms. The van der Waals surface area contributed by atoms with Gasteiger partial charge in [0.1, 0.15) is 0 Å². The van der Waals surface area contributed by atoms with Gasteiger partial charge in [0.15, 0.2) is 0 Å². The third-order valence-electron chi connectivity index (χ3n) is 9.40. The summed E-state index contributed by atoms with van der Waals surface area (Å²) >= 11 is 0. The lowest BCUT2D eigenvalue weighted by atomic mass is 9.74. The minimum atomic E-state index is 0.516. The van der Waals surface area contributed by atoms with Crippen LogP contribution < -0.4 is 21.3 Å². The van der Waals surface area contributed by atoms with Gasteiger partial charge in [0.25, 0.3) is 0 Å². The molecule has 4 heterocycles. The Hall–Kier alpha value is -0.240. The Labute approximate surface area is 176 Å². The minimum absolute atomic E-state index is 0.516. The van der Waals surface area contributed by atoms with Crippen LogP contribution in [0.3, 0.4) is 0 Å². The van der Waals surface area contributed by atoms with Crippen LogP contribution in [0.5, 0.6) is 0 Å². The van der Waals surface area contributed by atoms with Crippen molar-refractivity contribution in [3.05, 3.63) is 0 Å². The topological polar surface area (TPSA) is 54.6 Å². The third-order valence-corrected chi connectivity index (χ3v) is 9.40. The molecule has 4 N–H and O–H groups in total. The molecular weight excluding hydrogens is 360 g/mol. The van der Waals surface area contributed by atoms with Gasteiger partial charge in [-0.1, -0.05) is 6.42 Å². The molecule has 6 heteroatoms. The van der Waals surface area contributed by atoms with Crippen LogP contribution in [-0.2, 0) is 0 Å². The summed E-state index contributed by atoms with van der Waals surface area (Å²) in [6, 6.07) is 5.05. The van der Waals surface area contributed by atoms with Gasteiger partial charge in [0.2, 0.25) is 0 Å². The number of piperidine rings is 1. The summed E-state index contributed by atoms with van der Waals surface area (Å²) < 4.78 is 0. The number of fused-ring (bicyclic) bond motifs is 8. The van der Waals surface area contributed by atoms with Crippen LogP contribution in [0, 0.1) is 5.92 Å². The maximum absolute atomic E-state index is 4.12. The van der Waals surface area contributed by atoms with E-state index in [4.69, 9.17) is 0 Å². The molecule has 6 nitrogen and oxygen atoms in total. The van der Waals surface area contributed by atoms with Gasteiger partial charge >= 0.3 is 0 Å². The molecule has 6 fully saturated rings. The number of likely N-dealkylation sites (N-methyl/N-ethyl adjacent to an activating group) is 1. The molecule has 164 valence electrons. The lowest BCUT2D eigenvalue weighted by Gasteiger charge is -2.46. The molecule has 0 amide bonds. The summed E-state index contributed by atoms with van der Waals surface area (Å²) in [5, 5.41) is 15.9. The summed E-state index contributed by atoms with van der Waals surface area (Å²) in [6.45, 7) is 3.48. The van der Waals surface area contributed by atoms with E-state index in [0.29, 0.717) is 24.3 Å². The smallest absolute Gasteiger partial charge is 0.0576 e. The SMILES string of the molecule is CN1C[C@@H]2C[C@@H](CN2)NC2CCCC(N2)C2CCCC3NCN(C4CCC1C4)C32. The second kappa shape index (κ2) is 8.03. The molecule has 9 atom stereocenters. The Morgan fingerprint density at radius 3 is 2.59 bits per heavy atom. The van der Waals surface area contributed by atoms with Gasteiger partial charge in [-0.15, -0.1) is 0 Å². The number of nitrogens with one attached hydrogen (secondary N) is 4. The van der Waals surface area contributed by atoms with E-state index in [1.807, 2.05) is 0 Å². The molecule has 0 radical (unpaired) electrons. The first kappa shape index (κ1) is 19.4. The van der Waals surface area contributed by atoms with Crippen molar-refractivity contribution in [1.82, 2.24) is 31.1 Å². The van der Waals surface area contributed by atoms with E-state index in [-0.39, 0.29) is 0 Å². The Kier molecular flexibility index (Phi) is 5.38. The summed E-state index contributed by atoms with van der Waals surface area (Å²) in [7, 11) is 2.39. The Morgan fingerprint density at radius 1 is 0.759 bits per heavy atom. The molecule has 2 aliphatic carbocycles. The quantitative estimate of drug-likeness (QED) is 0.486. The van der Waals surface area contributed by atoms with Crippen LogP contribution in [0.1, 0.15) is 64.2 Å². The highest BCUT2D eigenvalue weighted by molar-refractivity contribution is 5.06. The molecule has 0 aromatic carbocycles. The Bertz CT molecular complexity index is 586. The lowest BCUT2D eigenvalue weighted by Crippen LogP contribution is -2.60. The zero-order valence-electron chi connectivity index (χ0n) is 18.3. The summed E-state index contributed by atoms with van der Waals surface area (Å²) in [4.78, 5) is 5.63. The fourth-order valence-electron chi connectivity index (χ4n) is 7.99. The van der Waals surface area contributed by atoms with Gasteiger partial charge in [-0.2, -0.15) is 0 Å². The van der Waals surface area contributed by atoms with Crippen LogP contribution in [0.15, 0.2) is 0 Å². The average Bonchev–Trinajstić information content (AvgIpc) is 3.46. The Balaban J connectivity index is 1.28. The number of rotatable bonds is 0. The van der Waals surface area contributed by atoms with E-state index in [0.717, 1.165) is 43.3 Å². The van der Waals surface area contributed by atoms with Gasteiger partial charge in [0.05, 0.1) is 6.17 Å². The van der Waals surface area contributed by atoms with Crippen molar-refractivity contribution in [3.63, 3.8) is 0 Å². The van der Waals surface area contributed by atoms with Gasteiger partial charge in [0, 0.05) is 62.1 Å². The molecule has 4 aliphatic heterocycles. The normalized spacial score (nSPS) is 51.4. The van der Waals surface area contributed by atoms with Crippen molar-refractivity contribution in [2.45, 2.75) is 113 Å². The van der Waals surface area contributed by atoms with Crippen LogP contribution in [0.25, 0.3) is 0 Å². The van der Waals surface area contributed by atoms with Crippen molar-refractivity contribution in [2.75, 3.05) is 26.8 Å². The van der Waals surface area contributed by atoms with Crippen molar-refractivity contribution < 1.29 is 0 Å². The zero-order valence-corrected chi connectivity index (χ0v) is 18.3. The predicted molar refractivity (Wildman–Crippen MR) is 117 cm³/mol. The van der Waals surface area contributed by atoms with Crippen LogP contribution >= 0.6 is 0 Å². The average molecular weight is 403 g/mol. The number of hydrogen-bond acceptors (Lipinski definition) is 6. The second-order valence-corrected chi connectivity index (χ2v) is 11.1. The van der Waals surface area contributed by atoms with Crippen LogP contribution in [0.4, 0.5) is 0 Å². The maximum Gasteiger partial charge on any atom is 0.0576 e. The van der Waals surface area contributed by atoms with Gasteiger partial charge in [-0.3, -0.25) is 20.9 Å². The largest absolute Gasteiger partial charge is 0.311 e. The van der Waals surface area contributed by atoms with Gasteiger partial charge in [-0.25, -0.2) is 0 Å². The molecule has 6 bridgehead atoms. The Morgan fingerprint density at radius 2 is 1.62 bits per heavy atom. The van der Waals surface area contributed by atoms with E-state index >= 15 is 0 Å². The molecule has 4 saturated heterocycles. The zero-order chi connectivity index (χ0) is 19.4. The van der Waals surface area contributed by atoms with E-state index < -0.39 is 0 Å². The summed E-state index contributed by atoms with van der Waals surface area (Å²) in [5.41, 5.74) is 0. The molecular formula is C23H42N6. The van der Waals surface area contributed by atoms with E-state index in [1.165, 1.54) is 70.8 Å². The second-order valence-electron chi connectivity index (χ2n) is 11.1. The number of nitrogens with zero attached hydrogens (tertiary/aromatic N) is 2. The van der Waals surface area contributed by atoms with E-state index in [2.05, 4.69) is 38.1 Å². The number of hydrogen-bond donors (Lipinski definition) is 4. The molecule has 2 saturated carbocycles. The third kappa shape index (κ3) is 3.68. The molecule has 0 aromatic rings. The highest BCUT2D eigenvalue weighted by Gasteiger charge is 2.48. The fourth-order valence-corrected chi connectivity index (χ4v) is 7.99. The van der Waals surface area contributed by atoms with Crippen LogP contribution in [0.2, 0.25) is 0 Å². The van der Waals surface area contributed by atoms with E-state index in [9.17, 15) is 0 Å². The lowest BCUT2D eigenvalue weighted by molar-refractivity contribution is 0.0637. The predicted octanol–water partition coefficient (Wildman–Crippen LogP) is 1.04. The molecule has 6 rings (SSSR count). The fraction of sp³-hybridized carbons (Fsp3) is 1.00.